The molecule has 2 unspecified atom stereocenters. The highest BCUT2D eigenvalue weighted by molar-refractivity contribution is 5.41. The highest BCUT2D eigenvalue weighted by Gasteiger charge is 2.50. The second-order valence-corrected chi connectivity index (χ2v) is 4.53. The van der Waals surface area contributed by atoms with E-state index in [4.69, 9.17) is 10.5 Å². The summed E-state index contributed by atoms with van der Waals surface area (Å²) in [5.74, 6) is 1.60. The zero-order valence-electron chi connectivity index (χ0n) is 9.71. The van der Waals surface area contributed by atoms with Gasteiger partial charge in [-0.05, 0) is 36.5 Å². The molecule has 1 saturated carbocycles. The van der Waals surface area contributed by atoms with Gasteiger partial charge >= 0.3 is 0 Å². The van der Waals surface area contributed by atoms with E-state index in [2.05, 4.69) is 26.0 Å². The molecule has 1 aliphatic carbocycles. The van der Waals surface area contributed by atoms with E-state index in [9.17, 15) is 0 Å². The molecule has 15 heavy (non-hydrogen) atoms. The first-order valence-corrected chi connectivity index (χ1v) is 5.55. The van der Waals surface area contributed by atoms with Gasteiger partial charge in [0.2, 0.25) is 0 Å². The fraction of sp³-hybridized carbons (Fsp3) is 0.538. The molecule has 2 nitrogen and oxygen atoms in total. The summed E-state index contributed by atoms with van der Waals surface area (Å²) in [6, 6.07) is 6.28. The molecule has 0 bridgehead atoms. The van der Waals surface area contributed by atoms with Crippen molar-refractivity contribution in [2.75, 3.05) is 7.11 Å². The lowest BCUT2D eigenvalue weighted by molar-refractivity contribution is 0.411. The molecule has 1 aliphatic rings. The third-order valence-electron chi connectivity index (χ3n) is 3.58. The zero-order chi connectivity index (χ0) is 11.1. The van der Waals surface area contributed by atoms with E-state index in [1.165, 1.54) is 17.5 Å². The molecule has 0 saturated heterocycles. The first-order valence-electron chi connectivity index (χ1n) is 5.55. The smallest absolute Gasteiger partial charge is 0.121 e. The van der Waals surface area contributed by atoms with Gasteiger partial charge in [0.1, 0.15) is 5.75 Å². The topological polar surface area (TPSA) is 35.2 Å². The fourth-order valence-corrected chi connectivity index (χ4v) is 2.38. The molecule has 1 aromatic carbocycles. The summed E-state index contributed by atoms with van der Waals surface area (Å²) in [5.41, 5.74) is 8.70. The number of ether oxygens (including phenoxy) is 1. The van der Waals surface area contributed by atoms with Crippen molar-refractivity contribution < 1.29 is 4.74 Å². The van der Waals surface area contributed by atoms with Crippen molar-refractivity contribution in [1.82, 2.24) is 0 Å². The Hall–Kier alpha value is -1.02. The van der Waals surface area contributed by atoms with Crippen LogP contribution in [-0.4, -0.2) is 7.11 Å². The van der Waals surface area contributed by atoms with E-state index in [0.29, 0.717) is 5.92 Å². The van der Waals surface area contributed by atoms with Crippen molar-refractivity contribution in [3.63, 3.8) is 0 Å². The minimum absolute atomic E-state index is 0.0637. The number of hydrogen-bond acceptors (Lipinski definition) is 2. The Morgan fingerprint density at radius 1 is 1.53 bits per heavy atom. The Labute approximate surface area is 91.4 Å². The fourth-order valence-electron chi connectivity index (χ4n) is 2.38. The van der Waals surface area contributed by atoms with Crippen molar-refractivity contribution in [2.45, 2.75) is 32.2 Å². The molecule has 2 N–H and O–H groups in total. The maximum atomic E-state index is 6.34. The van der Waals surface area contributed by atoms with Crippen molar-refractivity contribution in [1.29, 1.82) is 0 Å². The molecule has 82 valence electrons. The quantitative estimate of drug-likeness (QED) is 0.823. The Balaban J connectivity index is 2.28. The van der Waals surface area contributed by atoms with Gasteiger partial charge in [-0.3, -0.25) is 0 Å². The zero-order valence-corrected chi connectivity index (χ0v) is 9.71. The highest BCUT2D eigenvalue weighted by Crippen LogP contribution is 2.51. The number of methoxy groups -OCH3 is 1. The van der Waals surface area contributed by atoms with E-state index in [0.717, 1.165) is 12.2 Å². The summed E-state index contributed by atoms with van der Waals surface area (Å²) in [6.07, 6.45) is 2.29. The van der Waals surface area contributed by atoms with Crippen molar-refractivity contribution >= 4 is 0 Å². The summed E-state index contributed by atoms with van der Waals surface area (Å²) < 4.78 is 5.25. The second-order valence-electron chi connectivity index (χ2n) is 4.53. The SMILES string of the molecule is CCC1CC1(N)c1ccc(OC)c(C)c1. The van der Waals surface area contributed by atoms with Crippen LogP contribution in [0.25, 0.3) is 0 Å². The molecule has 2 atom stereocenters. The second kappa shape index (κ2) is 3.53. The van der Waals surface area contributed by atoms with Gasteiger partial charge in [-0.15, -0.1) is 0 Å². The average Bonchev–Trinajstić information content (AvgIpc) is 2.91. The Morgan fingerprint density at radius 2 is 2.27 bits per heavy atom. The molecule has 0 aliphatic heterocycles. The molecule has 1 aromatic rings. The Bertz CT molecular complexity index is 375. The van der Waals surface area contributed by atoms with Crippen LogP contribution in [0.3, 0.4) is 0 Å². The standard InChI is InChI=1S/C13H19NO/c1-4-10-8-13(10,14)11-5-6-12(15-3)9(2)7-11/h5-7,10H,4,8,14H2,1-3H3. The molecule has 0 aromatic heterocycles. The van der Waals surface area contributed by atoms with Gasteiger partial charge in [0.05, 0.1) is 7.11 Å². The van der Waals surface area contributed by atoms with Crippen molar-refractivity contribution in [3.05, 3.63) is 29.3 Å². The summed E-state index contributed by atoms with van der Waals surface area (Å²) in [7, 11) is 1.70. The van der Waals surface area contributed by atoms with E-state index in [1.807, 2.05) is 6.07 Å². The van der Waals surface area contributed by atoms with E-state index >= 15 is 0 Å². The van der Waals surface area contributed by atoms with Crippen molar-refractivity contribution in [3.8, 4) is 5.75 Å². The number of nitrogens with two attached hydrogens (primary N) is 1. The summed E-state index contributed by atoms with van der Waals surface area (Å²) in [6.45, 7) is 4.27. The predicted octanol–water partition coefficient (Wildman–Crippen LogP) is 2.59. The number of hydrogen-bond donors (Lipinski definition) is 1. The van der Waals surface area contributed by atoms with Crippen LogP contribution in [-0.2, 0) is 5.54 Å². The minimum atomic E-state index is -0.0637. The maximum Gasteiger partial charge on any atom is 0.121 e. The number of aryl methyl sites for hydroxylation is 1. The van der Waals surface area contributed by atoms with Crippen LogP contribution in [0.4, 0.5) is 0 Å². The third-order valence-corrected chi connectivity index (χ3v) is 3.58. The molecule has 0 spiro atoms. The lowest BCUT2D eigenvalue weighted by Gasteiger charge is -2.14. The summed E-state index contributed by atoms with van der Waals surface area (Å²) >= 11 is 0. The van der Waals surface area contributed by atoms with Gasteiger partial charge < -0.3 is 10.5 Å². The van der Waals surface area contributed by atoms with Crippen LogP contribution in [0.5, 0.6) is 5.75 Å². The highest BCUT2D eigenvalue weighted by atomic mass is 16.5. The molecule has 0 amide bonds. The van der Waals surface area contributed by atoms with Crippen LogP contribution < -0.4 is 10.5 Å². The number of rotatable bonds is 3. The van der Waals surface area contributed by atoms with Gasteiger partial charge in [0.15, 0.2) is 0 Å². The normalized spacial score (nSPS) is 28.9. The van der Waals surface area contributed by atoms with Gasteiger partial charge in [-0.25, -0.2) is 0 Å². The monoisotopic (exact) mass is 205 g/mol. The van der Waals surface area contributed by atoms with Crippen LogP contribution >= 0.6 is 0 Å². The molecule has 1 fully saturated rings. The maximum absolute atomic E-state index is 6.34. The van der Waals surface area contributed by atoms with Crippen LogP contribution in [0.2, 0.25) is 0 Å². The summed E-state index contributed by atoms with van der Waals surface area (Å²) in [4.78, 5) is 0. The van der Waals surface area contributed by atoms with Crippen molar-refractivity contribution in [2.24, 2.45) is 11.7 Å². The van der Waals surface area contributed by atoms with Crippen LogP contribution in [0, 0.1) is 12.8 Å². The molecular formula is C13H19NO. The molecule has 2 heteroatoms. The molecular weight excluding hydrogens is 186 g/mol. The Kier molecular flexibility index (Phi) is 2.47. The molecule has 0 radical (unpaired) electrons. The van der Waals surface area contributed by atoms with E-state index in [-0.39, 0.29) is 5.54 Å². The Morgan fingerprint density at radius 3 is 2.73 bits per heavy atom. The lowest BCUT2D eigenvalue weighted by Crippen LogP contribution is -2.22. The van der Waals surface area contributed by atoms with Crippen LogP contribution in [0.1, 0.15) is 30.9 Å². The van der Waals surface area contributed by atoms with E-state index < -0.39 is 0 Å². The largest absolute Gasteiger partial charge is 0.496 e. The van der Waals surface area contributed by atoms with Crippen LogP contribution in [0.15, 0.2) is 18.2 Å². The third kappa shape index (κ3) is 1.63. The molecule has 2 rings (SSSR count). The average molecular weight is 205 g/mol. The van der Waals surface area contributed by atoms with Gasteiger partial charge in [0.25, 0.3) is 0 Å². The van der Waals surface area contributed by atoms with Gasteiger partial charge in [-0.1, -0.05) is 25.5 Å². The van der Waals surface area contributed by atoms with E-state index in [1.54, 1.807) is 7.11 Å². The minimum Gasteiger partial charge on any atom is -0.496 e. The van der Waals surface area contributed by atoms with Gasteiger partial charge in [-0.2, -0.15) is 0 Å². The predicted molar refractivity (Wildman–Crippen MR) is 62.0 cm³/mol. The summed E-state index contributed by atoms with van der Waals surface area (Å²) in [5, 5.41) is 0. The molecule has 0 heterocycles. The first kappa shape index (κ1) is 10.5. The first-order chi connectivity index (χ1) is 7.11. The van der Waals surface area contributed by atoms with Gasteiger partial charge in [0, 0.05) is 5.54 Å². The lowest BCUT2D eigenvalue weighted by atomic mass is 10.00. The number of benzene rings is 1.